The highest BCUT2D eigenvalue weighted by molar-refractivity contribution is 5.95. The van der Waals surface area contributed by atoms with Crippen LogP contribution in [-0.4, -0.2) is 53.7 Å². The van der Waals surface area contributed by atoms with Crippen molar-refractivity contribution in [3.8, 4) is 11.5 Å². The van der Waals surface area contributed by atoms with Crippen LogP contribution in [0, 0.1) is 19.7 Å². The van der Waals surface area contributed by atoms with E-state index in [1.807, 2.05) is 24.8 Å². The number of hydrogen-bond acceptors (Lipinski definition) is 6. The molecule has 0 aliphatic carbocycles. The number of benzene rings is 2. The molecule has 1 aromatic heterocycles. The van der Waals surface area contributed by atoms with Gasteiger partial charge in [-0.25, -0.2) is 14.4 Å². The van der Waals surface area contributed by atoms with Crippen LogP contribution >= 0.6 is 0 Å². The van der Waals surface area contributed by atoms with E-state index in [0.29, 0.717) is 48.9 Å². The first kappa shape index (κ1) is 22.1. The Balaban J connectivity index is 1.36. The Kier molecular flexibility index (Phi) is 6.04. The number of halogens is 1. The van der Waals surface area contributed by atoms with Crippen LogP contribution in [-0.2, 0) is 6.42 Å². The van der Waals surface area contributed by atoms with E-state index in [2.05, 4.69) is 9.88 Å². The van der Waals surface area contributed by atoms with Gasteiger partial charge in [0.15, 0.2) is 11.5 Å². The third-order valence-corrected chi connectivity index (χ3v) is 6.28. The first-order valence-electron chi connectivity index (χ1n) is 11.5. The summed E-state index contributed by atoms with van der Waals surface area (Å²) in [5, 5.41) is 0. The number of fused-ring (bicyclic) bond motifs is 1. The first-order valence-corrected chi connectivity index (χ1v) is 11.5. The van der Waals surface area contributed by atoms with Crippen LogP contribution in [0.1, 0.15) is 39.4 Å². The minimum absolute atomic E-state index is 0.0183. The van der Waals surface area contributed by atoms with Gasteiger partial charge in [0, 0.05) is 49.4 Å². The van der Waals surface area contributed by atoms with E-state index in [0.717, 1.165) is 35.6 Å². The summed E-state index contributed by atoms with van der Waals surface area (Å²) in [4.78, 5) is 26.6. The Morgan fingerprint density at radius 1 is 1.00 bits per heavy atom. The molecule has 3 aromatic rings. The summed E-state index contributed by atoms with van der Waals surface area (Å²) >= 11 is 0. The number of carbonyl (C=O) groups is 1. The fraction of sp³-hybridized carbons (Fsp3) is 0.346. The Labute approximate surface area is 198 Å². The molecular weight excluding hydrogens is 435 g/mol. The lowest BCUT2D eigenvalue weighted by Gasteiger charge is -2.26. The molecule has 1 saturated heterocycles. The molecule has 1 amide bonds. The number of nitrogens with zero attached hydrogens (tertiary/aromatic N) is 4. The average Bonchev–Trinajstić information content (AvgIpc) is 3.15. The van der Waals surface area contributed by atoms with Crippen LogP contribution in [0.2, 0.25) is 0 Å². The predicted octanol–water partition coefficient (Wildman–Crippen LogP) is 3.90. The molecule has 0 radical (unpaired) electrons. The maximum Gasteiger partial charge on any atom is 0.254 e. The molecule has 3 heterocycles. The number of aromatic nitrogens is 2. The van der Waals surface area contributed by atoms with Crippen molar-refractivity contribution in [1.29, 1.82) is 0 Å². The second-order valence-corrected chi connectivity index (χ2v) is 8.67. The topological polar surface area (TPSA) is 67.8 Å². The average molecular weight is 463 g/mol. The lowest BCUT2D eigenvalue weighted by Crippen LogP contribution is -2.35. The van der Waals surface area contributed by atoms with Crippen molar-refractivity contribution in [2.24, 2.45) is 0 Å². The summed E-state index contributed by atoms with van der Waals surface area (Å²) in [5.74, 6) is 2.57. The van der Waals surface area contributed by atoms with Crippen LogP contribution in [0.4, 0.5) is 10.2 Å². The van der Waals surface area contributed by atoms with Gasteiger partial charge in [0.2, 0.25) is 6.79 Å². The SMILES string of the molecule is Cc1nc(C)c(Cc2cccc(F)c2)c(N2CCCN(C(=O)c3ccc4c(c3)OCO4)CC2)n1. The summed E-state index contributed by atoms with van der Waals surface area (Å²) in [5.41, 5.74) is 3.36. The molecule has 2 aromatic carbocycles. The number of ether oxygens (including phenoxy) is 2. The Morgan fingerprint density at radius 2 is 1.85 bits per heavy atom. The van der Waals surface area contributed by atoms with Gasteiger partial charge in [-0.15, -0.1) is 0 Å². The zero-order valence-electron chi connectivity index (χ0n) is 19.4. The molecule has 0 bridgehead atoms. The summed E-state index contributed by atoms with van der Waals surface area (Å²) < 4.78 is 24.6. The van der Waals surface area contributed by atoms with Crippen molar-refractivity contribution in [3.05, 3.63) is 76.5 Å². The Hall–Kier alpha value is -3.68. The van der Waals surface area contributed by atoms with Crippen molar-refractivity contribution in [2.75, 3.05) is 37.9 Å². The summed E-state index contributed by atoms with van der Waals surface area (Å²) in [6.07, 6.45) is 1.37. The van der Waals surface area contributed by atoms with Crippen molar-refractivity contribution in [2.45, 2.75) is 26.7 Å². The first-order chi connectivity index (χ1) is 16.5. The number of hydrogen-bond donors (Lipinski definition) is 0. The van der Waals surface area contributed by atoms with Gasteiger partial charge in [-0.2, -0.15) is 0 Å². The van der Waals surface area contributed by atoms with Gasteiger partial charge < -0.3 is 19.3 Å². The van der Waals surface area contributed by atoms with Crippen molar-refractivity contribution >= 4 is 11.7 Å². The molecule has 176 valence electrons. The van der Waals surface area contributed by atoms with Crippen LogP contribution in [0.5, 0.6) is 11.5 Å². The molecule has 1 fully saturated rings. The third kappa shape index (κ3) is 4.53. The number of amides is 1. The number of carbonyl (C=O) groups excluding carboxylic acids is 1. The molecular formula is C26H27FN4O3. The minimum Gasteiger partial charge on any atom is -0.454 e. The normalized spacial score (nSPS) is 15.4. The molecule has 2 aliphatic heterocycles. The van der Waals surface area contributed by atoms with Crippen LogP contribution < -0.4 is 14.4 Å². The van der Waals surface area contributed by atoms with Gasteiger partial charge in [-0.3, -0.25) is 4.79 Å². The quantitative estimate of drug-likeness (QED) is 0.586. The summed E-state index contributed by atoms with van der Waals surface area (Å²) in [6.45, 7) is 6.71. The molecule has 2 aliphatic rings. The summed E-state index contributed by atoms with van der Waals surface area (Å²) in [7, 11) is 0. The van der Waals surface area contributed by atoms with Crippen LogP contribution in [0.3, 0.4) is 0 Å². The monoisotopic (exact) mass is 462 g/mol. The highest BCUT2D eigenvalue weighted by Crippen LogP contribution is 2.33. The van der Waals surface area contributed by atoms with Gasteiger partial charge in [0.25, 0.3) is 5.91 Å². The molecule has 7 nitrogen and oxygen atoms in total. The zero-order valence-corrected chi connectivity index (χ0v) is 19.4. The highest BCUT2D eigenvalue weighted by Gasteiger charge is 2.25. The maximum absolute atomic E-state index is 13.8. The van der Waals surface area contributed by atoms with Crippen molar-refractivity contribution in [1.82, 2.24) is 14.9 Å². The van der Waals surface area contributed by atoms with E-state index in [1.54, 1.807) is 30.3 Å². The van der Waals surface area contributed by atoms with Gasteiger partial charge in [0.1, 0.15) is 17.5 Å². The van der Waals surface area contributed by atoms with E-state index in [1.165, 1.54) is 6.07 Å². The van der Waals surface area contributed by atoms with E-state index >= 15 is 0 Å². The lowest BCUT2D eigenvalue weighted by molar-refractivity contribution is 0.0766. The second-order valence-electron chi connectivity index (χ2n) is 8.67. The highest BCUT2D eigenvalue weighted by atomic mass is 19.1. The van der Waals surface area contributed by atoms with Gasteiger partial charge in [-0.1, -0.05) is 12.1 Å². The van der Waals surface area contributed by atoms with E-state index in [4.69, 9.17) is 14.5 Å². The van der Waals surface area contributed by atoms with E-state index in [9.17, 15) is 9.18 Å². The molecule has 5 rings (SSSR count). The fourth-order valence-electron chi connectivity index (χ4n) is 4.58. The molecule has 0 spiro atoms. The van der Waals surface area contributed by atoms with E-state index in [-0.39, 0.29) is 18.5 Å². The van der Waals surface area contributed by atoms with Crippen molar-refractivity contribution in [3.63, 3.8) is 0 Å². The van der Waals surface area contributed by atoms with Gasteiger partial charge in [-0.05, 0) is 56.2 Å². The predicted molar refractivity (Wildman–Crippen MR) is 126 cm³/mol. The molecule has 0 N–H and O–H groups in total. The number of anilines is 1. The van der Waals surface area contributed by atoms with Crippen LogP contribution in [0.25, 0.3) is 0 Å². The second kappa shape index (κ2) is 9.29. The smallest absolute Gasteiger partial charge is 0.254 e. The number of aryl methyl sites for hydroxylation is 2. The summed E-state index contributed by atoms with van der Waals surface area (Å²) in [6, 6.07) is 12.0. The third-order valence-electron chi connectivity index (χ3n) is 6.28. The van der Waals surface area contributed by atoms with E-state index < -0.39 is 0 Å². The molecule has 0 unspecified atom stereocenters. The zero-order chi connectivity index (χ0) is 23.7. The lowest BCUT2D eigenvalue weighted by atomic mass is 10.0. The molecule has 0 atom stereocenters. The van der Waals surface area contributed by atoms with Crippen LogP contribution in [0.15, 0.2) is 42.5 Å². The molecule has 8 heteroatoms. The Morgan fingerprint density at radius 3 is 2.71 bits per heavy atom. The Bertz CT molecular complexity index is 1230. The van der Waals surface area contributed by atoms with Gasteiger partial charge in [0.05, 0.1) is 0 Å². The largest absolute Gasteiger partial charge is 0.454 e. The standard InChI is InChI=1S/C26H27FN4O3/c1-17-22(14-19-5-3-6-21(27)13-19)25(29-18(2)28-17)30-9-4-10-31(12-11-30)26(32)20-7-8-23-24(15-20)34-16-33-23/h3,5-8,13,15H,4,9-12,14,16H2,1-2H3. The fourth-order valence-corrected chi connectivity index (χ4v) is 4.58. The minimum atomic E-state index is -0.253. The van der Waals surface area contributed by atoms with Gasteiger partial charge >= 0.3 is 0 Å². The maximum atomic E-state index is 13.8. The molecule has 34 heavy (non-hydrogen) atoms. The van der Waals surface area contributed by atoms with Crippen molar-refractivity contribution < 1.29 is 18.7 Å². The molecule has 0 saturated carbocycles. The number of rotatable bonds is 4.